The third-order valence-corrected chi connectivity index (χ3v) is 3.48. The van der Waals surface area contributed by atoms with Gasteiger partial charge in [-0.1, -0.05) is 0 Å². The molecule has 0 saturated carbocycles. The minimum Gasteiger partial charge on any atom is -0.378 e. The number of ether oxygens (including phenoxy) is 1. The molecular formula is C13H14F2N4O2. The number of carbonyl (C=O) groups is 1. The molecule has 3 rings (SSSR count). The second-order valence-corrected chi connectivity index (χ2v) is 4.80. The number of nitrogen functional groups attached to an aromatic ring is 1. The van der Waals surface area contributed by atoms with Crippen LogP contribution >= 0.6 is 0 Å². The Hall–Kier alpha value is -2.22. The van der Waals surface area contributed by atoms with Crippen molar-refractivity contribution in [1.29, 1.82) is 0 Å². The fourth-order valence-corrected chi connectivity index (χ4v) is 2.35. The largest absolute Gasteiger partial charge is 0.378 e. The average molecular weight is 296 g/mol. The first-order valence-electron chi connectivity index (χ1n) is 6.52. The van der Waals surface area contributed by atoms with E-state index in [1.807, 2.05) is 0 Å². The van der Waals surface area contributed by atoms with E-state index < -0.39 is 11.6 Å². The molecule has 0 bridgehead atoms. The molecule has 21 heavy (non-hydrogen) atoms. The van der Waals surface area contributed by atoms with E-state index in [0.717, 1.165) is 12.1 Å². The number of morpholine rings is 1. The molecule has 112 valence electrons. The van der Waals surface area contributed by atoms with Crippen LogP contribution < -0.4 is 5.73 Å². The zero-order valence-corrected chi connectivity index (χ0v) is 11.2. The molecule has 1 aliphatic rings. The molecule has 0 unspecified atom stereocenters. The van der Waals surface area contributed by atoms with Crippen molar-refractivity contribution < 1.29 is 18.3 Å². The first kappa shape index (κ1) is 13.7. The number of carbonyl (C=O) groups excluding carboxylic acids is 1. The number of hydrogen-bond donors (Lipinski definition) is 1. The Bertz CT molecular complexity index is 695. The molecule has 1 fully saturated rings. The number of fused-ring (bicyclic) bond motifs is 1. The van der Waals surface area contributed by atoms with Gasteiger partial charge in [0.2, 0.25) is 11.9 Å². The van der Waals surface area contributed by atoms with Gasteiger partial charge in [0.25, 0.3) is 0 Å². The Morgan fingerprint density at radius 2 is 1.95 bits per heavy atom. The Labute approximate surface area is 119 Å². The number of rotatable bonds is 2. The molecule has 0 atom stereocenters. The first-order chi connectivity index (χ1) is 10.1. The lowest BCUT2D eigenvalue weighted by Gasteiger charge is -2.27. The number of nitrogens with two attached hydrogens (primary N) is 1. The number of amides is 1. The van der Waals surface area contributed by atoms with Crippen molar-refractivity contribution in [3.8, 4) is 0 Å². The third kappa shape index (κ3) is 2.54. The molecule has 1 saturated heterocycles. The molecule has 1 aliphatic heterocycles. The Morgan fingerprint density at radius 3 is 2.67 bits per heavy atom. The van der Waals surface area contributed by atoms with Crippen LogP contribution in [-0.4, -0.2) is 46.7 Å². The second-order valence-electron chi connectivity index (χ2n) is 4.80. The molecule has 0 aliphatic carbocycles. The van der Waals surface area contributed by atoms with E-state index >= 15 is 0 Å². The van der Waals surface area contributed by atoms with Gasteiger partial charge in [-0.3, -0.25) is 4.79 Å². The number of hydrogen-bond acceptors (Lipinski definition) is 4. The first-order valence-corrected chi connectivity index (χ1v) is 6.52. The molecule has 8 heteroatoms. The van der Waals surface area contributed by atoms with Crippen LogP contribution in [0.2, 0.25) is 0 Å². The maximum absolute atomic E-state index is 13.4. The minimum atomic E-state index is -0.998. The molecule has 1 aromatic carbocycles. The lowest BCUT2D eigenvalue weighted by Crippen LogP contribution is -2.42. The number of anilines is 1. The van der Waals surface area contributed by atoms with Crippen LogP contribution in [0.25, 0.3) is 11.0 Å². The van der Waals surface area contributed by atoms with Gasteiger partial charge in [-0.05, 0) is 0 Å². The summed E-state index contributed by atoms with van der Waals surface area (Å²) in [6.07, 6.45) is 0. The highest BCUT2D eigenvalue weighted by Gasteiger charge is 2.20. The minimum absolute atomic E-state index is 0.0524. The van der Waals surface area contributed by atoms with Gasteiger partial charge in [-0.2, -0.15) is 0 Å². The highest BCUT2D eigenvalue weighted by atomic mass is 19.2. The topological polar surface area (TPSA) is 73.4 Å². The van der Waals surface area contributed by atoms with Crippen molar-refractivity contribution in [1.82, 2.24) is 14.5 Å². The molecule has 2 heterocycles. The van der Waals surface area contributed by atoms with Crippen molar-refractivity contribution in [2.45, 2.75) is 6.54 Å². The fraction of sp³-hybridized carbons (Fsp3) is 0.385. The van der Waals surface area contributed by atoms with Crippen LogP contribution in [0.15, 0.2) is 12.1 Å². The summed E-state index contributed by atoms with van der Waals surface area (Å²) in [4.78, 5) is 17.8. The van der Waals surface area contributed by atoms with Crippen LogP contribution in [0.5, 0.6) is 0 Å². The van der Waals surface area contributed by atoms with Gasteiger partial charge in [0, 0.05) is 25.2 Å². The summed E-state index contributed by atoms with van der Waals surface area (Å²) in [5.74, 6) is -2.10. The van der Waals surface area contributed by atoms with Gasteiger partial charge in [0.05, 0.1) is 24.2 Å². The number of aromatic nitrogens is 2. The number of benzene rings is 1. The number of imidazole rings is 1. The molecule has 0 radical (unpaired) electrons. The highest BCUT2D eigenvalue weighted by molar-refractivity contribution is 5.83. The van der Waals surface area contributed by atoms with Crippen LogP contribution in [0.1, 0.15) is 0 Å². The standard InChI is InChI=1S/C13H14F2N4O2/c14-8-5-10-11(6-9(8)15)19(13(16)17-10)7-12(20)18-1-3-21-4-2-18/h5-6H,1-4,7H2,(H2,16,17). The van der Waals surface area contributed by atoms with E-state index in [1.54, 1.807) is 4.90 Å². The maximum Gasteiger partial charge on any atom is 0.242 e. The van der Waals surface area contributed by atoms with E-state index in [9.17, 15) is 13.6 Å². The highest BCUT2D eigenvalue weighted by Crippen LogP contribution is 2.21. The van der Waals surface area contributed by atoms with Crippen molar-refractivity contribution in [2.24, 2.45) is 0 Å². The molecule has 2 aromatic rings. The average Bonchev–Trinajstić information content (AvgIpc) is 2.76. The molecule has 6 nitrogen and oxygen atoms in total. The summed E-state index contributed by atoms with van der Waals surface area (Å²) < 4.78 is 33.1. The maximum atomic E-state index is 13.4. The predicted molar refractivity (Wildman–Crippen MR) is 71.5 cm³/mol. The summed E-state index contributed by atoms with van der Waals surface area (Å²) in [5, 5.41) is 0. The molecule has 0 spiro atoms. The Balaban J connectivity index is 1.91. The van der Waals surface area contributed by atoms with Gasteiger partial charge in [0.1, 0.15) is 6.54 Å². The van der Waals surface area contributed by atoms with Gasteiger partial charge < -0.3 is 19.9 Å². The van der Waals surface area contributed by atoms with Crippen molar-refractivity contribution in [3.05, 3.63) is 23.8 Å². The van der Waals surface area contributed by atoms with E-state index in [-0.39, 0.29) is 23.9 Å². The summed E-state index contributed by atoms with van der Waals surface area (Å²) in [5.41, 5.74) is 6.27. The quantitative estimate of drug-likeness (QED) is 0.888. The summed E-state index contributed by atoms with van der Waals surface area (Å²) in [7, 11) is 0. The van der Waals surface area contributed by atoms with E-state index in [2.05, 4.69) is 4.98 Å². The zero-order chi connectivity index (χ0) is 15.0. The Kier molecular flexibility index (Phi) is 3.46. The van der Waals surface area contributed by atoms with Crippen LogP contribution in [0.3, 0.4) is 0 Å². The van der Waals surface area contributed by atoms with E-state index in [4.69, 9.17) is 10.5 Å². The SMILES string of the molecule is Nc1nc2cc(F)c(F)cc2n1CC(=O)N1CCOCC1. The van der Waals surface area contributed by atoms with E-state index in [0.29, 0.717) is 31.8 Å². The monoisotopic (exact) mass is 296 g/mol. The number of halogens is 2. The molecular weight excluding hydrogens is 282 g/mol. The van der Waals surface area contributed by atoms with Gasteiger partial charge in [-0.15, -0.1) is 0 Å². The molecule has 2 N–H and O–H groups in total. The number of nitrogens with zero attached hydrogens (tertiary/aromatic N) is 3. The summed E-state index contributed by atoms with van der Waals surface area (Å²) in [6, 6.07) is 1.97. The third-order valence-electron chi connectivity index (χ3n) is 3.48. The smallest absolute Gasteiger partial charge is 0.242 e. The molecule has 1 amide bonds. The Morgan fingerprint density at radius 1 is 1.29 bits per heavy atom. The van der Waals surface area contributed by atoms with Crippen LogP contribution in [0, 0.1) is 11.6 Å². The summed E-state index contributed by atoms with van der Waals surface area (Å²) >= 11 is 0. The zero-order valence-electron chi connectivity index (χ0n) is 11.2. The second kappa shape index (κ2) is 5.28. The molecule has 1 aromatic heterocycles. The lowest BCUT2D eigenvalue weighted by molar-refractivity contribution is -0.135. The van der Waals surface area contributed by atoms with Gasteiger partial charge in [0.15, 0.2) is 11.6 Å². The normalized spacial score (nSPS) is 15.6. The lowest BCUT2D eigenvalue weighted by atomic mass is 10.3. The predicted octanol–water partition coefficient (Wildman–Crippen LogP) is 0.755. The van der Waals surface area contributed by atoms with Crippen molar-refractivity contribution in [3.63, 3.8) is 0 Å². The fourth-order valence-electron chi connectivity index (χ4n) is 2.35. The van der Waals surface area contributed by atoms with Crippen LogP contribution in [0.4, 0.5) is 14.7 Å². The van der Waals surface area contributed by atoms with Crippen LogP contribution in [-0.2, 0) is 16.1 Å². The van der Waals surface area contributed by atoms with E-state index in [1.165, 1.54) is 4.57 Å². The van der Waals surface area contributed by atoms with Gasteiger partial charge >= 0.3 is 0 Å². The summed E-state index contributed by atoms with van der Waals surface area (Å²) in [6.45, 7) is 1.94. The van der Waals surface area contributed by atoms with Crippen molar-refractivity contribution in [2.75, 3.05) is 32.0 Å². The van der Waals surface area contributed by atoms with Crippen molar-refractivity contribution >= 4 is 22.9 Å². The van der Waals surface area contributed by atoms with Gasteiger partial charge in [-0.25, -0.2) is 13.8 Å².